The number of hydrogen-bond donors (Lipinski definition) is 1. The van der Waals surface area contributed by atoms with E-state index in [9.17, 15) is 14.4 Å². The molecule has 0 fully saturated rings. The van der Waals surface area contributed by atoms with Gasteiger partial charge in [0.1, 0.15) is 5.57 Å². The van der Waals surface area contributed by atoms with E-state index in [1.165, 1.54) is 0 Å². The summed E-state index contributed by atoms with van der Waals surface area (Å²) >= 11 is 0. The van der Waals surface area contributed by atoms with Gasteiger partial charge in [0, 0.05) is 6.42 Å². The SMILES string of the molecule is C=C(C(=O)O)C(=O)OC(=O)CCCCC. The highest BCUT2D eigenvalue weighted by Gasteiger charge is 2.18. The number of esters is 2. The largest absolute Gasteiger partial charge is 0.477 e. The standard InChI is InChI=1S/C10H14O5/c1-3-4-5-6-8(11)15-10(14)7(2)9(12)13/h2-6H2,1H3,(H,12,13). The van der Waals surface area contributed by atoms with Crippen LogP contribution in [0.1, 0.15) is 32.6 Å². The van der Waals surface area contributed by atoms with Crippen LogP contribution in [0.15, 0.2) is 12.2 Å². The van der Waals surface area contributed by atoms with Crippen molar-refractivity contribution in [1.29, 1.82) is 0 Å². The second-order valence-electron chi connectivity index (χ2n) is 3.00. The molecular weight excluding hydrogens is 200 g/mol. The number of carbonyl (C=O) groups is 3. The third-order valence-electron chi connectivity index (χ3n) is 1.70. The van der Waals surface area contributed by atoms with Crippen molar-refractivity contribution < 1.29 is 24.2 Å². The smallest absolute Gasteiger partial charge is 0.352 e. The highest BCUT2D eigenvalue weighted by atomic mass is 16.6. The summed E-state index contributed by atoms with van der Waals surface area (Å²) in [7, 11) is 0. The van der Waals surface area contributed by atoms with Crippen LogP contribution in [0.3, 0.4) is 0 Å². The second-order valence-corrected chi connectivity index (χ2v) is 3.00. The quantitative estimate of drug-likeness (QED) is 0.237. The lowest BCUT2D eigenvalue weighted by Gasteiger charge is -2.01. The molecule has 0 aliphatic heterocycles. The van der Waals surface area contributed by atoms with Gasteiger partial charge >= 0.3 is 17.9 Å². The fourth-order valence-corrected chi connectivity index (χ4v) is 0.823. The molecule has 5 heteroatoms. The minimum atomic E-state index is -1.48. The van der Waals surface area contributed by atoms with E-state index in [0.29, 0.717) is 6.42 Å². The molecule has 0 aromatic carbocycles. The first-order chi connectivity index (χ1) is 6.99. The lowest BCUT2D eigenvalue weighted by molar-refractivity contribution is -0.157. The molecule has 84 valence electrons. The van der Waals surface area contributed by atoms with Gasteiger partial charge in [-0.15, -0.1) is 0 Å². The normalized spacial score (nSPS) is 9.40. The first kappa shape index (κ1) is 13.4. The van der Waals surface area contributed by atoms with E-state index in [2.05, 4.69) is 11.3 Å². The van der Waals surface area contributed by atoms with Gasteiger partial charge in [-0.05, 0) is 6.42 Å². The Morgan fingerprint density at radius 2 is 1.87 bits per heavy atom. The maximum Gasteiger partial charge on any atom is 0.352 e. The van der Waals surface area contributed by atoms with Crippen LogP contribution in [0, 0.1) is 0 Å². The van der Waals surface area contributed by atoms with E-state index in [0.717, 1.165) is 12.8 Å². The molecule has 0 rings (SSSR count). The third-order valence-corrected chi connectivity index (χ3v) is 1.70. The van der Waals surface area contributed by atoms with E-state index in [4.69, 9.17) is 5.11 Å². The zero-order chi connectivity index (χ0) is 11.8. The molecule has 0 saturated carbocycles. The second kappa shape index (κ2) is 6.75. The van der Waals surface area contributed by atoms with Gasteiger partial charge in [0.2, 0.25) is 0 Å². The molecule has 15 heavy (non-hydrogen) atoms. The number of carbonyl (C=O) groups excluding carboxylic acids is 2. The molecule has 1 N–H and O–H groups in total. The topological polar surface area (TPSA) is 80.7 Å². The third kappa shape index (κ3) is 5.61. The van der Waals surface area contributed by atoms with E-state index in [1.807, 2.05) is 6.92 Å². The Labute approximate surface area is 87.7 Å². The predicted molar refractivity (Wildman–Crippen MR) is 52.0 cm³/mol. The molecule has 0 atom stereocenters. The van der Waals surface area contributed by atoms with Gasteiger partial charge in [-0.1, -0.05) is 26.3 Å². The number of carboxylic acid groups (broad SMARTS) is 1. The van der Waals surface area contributed by atoms with E-state index >= 15 is 0 Å². The highest BCUT2D eigenvalue weighted by Crippen LogP contribution is 2.02. The maximum atomic E-state index is 11.0. The predicted octanol–water partition coefficient (Wildman–Crippen LogP) is 1.28. The molecule has 0 saturated heterocycles. The monoisotopic (exact) mass is 214 g/mol. The molecule has 5 nitrogen and oxygen atoms in total. The molecule has 0 amide bonds. The molecule has 0 aromatic rings. The molecule has 0 spiro atoms. The van der Waals surface area contributed by atoms with Crippen LogP contribution in [0.4, 0.5) is 0 Å². The minimum absolute atomic E-state index is 0.118. The zero-order valence-corrected chi connectivity index (χ0v) is 8.62. The summed E-state index contributed by atoms with van der Waals surface area (Å²) in [5.74, 6) is -3.39. The summed E-state index contributed by atoms with van der Waals surface area (Å²) in [5.41, 5.74) is -0.737. The number of ether oxygens (including phenoxy) is 1. The van der Waals surface area contributed by atoms with Crippen molar-refractivity contribution in [2.24, 2.45) is 0 Å². The fraction of sp³-hybridized carbons (Fsp3) is 0.500. The minimum Gasteiger partial charge on any atom is -0.477 e. The number of unbranched alkanes of at least 4 members (excludes halogenated alkanes) is 2. The first-order valence-corrected chi connectivity index (χ1v) is 4.66. The Bertz CT molecular complexity index is 280. The number of hydrogen-bond acceptors (Lipinski definition) is 4. The molecular formula is C10H14O5. The highest BCUT2D eigenvalue weighted by molar-refractivity contribution is 6.14. The summed E-state index contributed by atoms with van der Waals surface area (Å²) in [5, 5.41) is 8.37. The lowest BCUT2D eigenvalue weighted by Crippen LogP contribution is -2.18. The number of rotatable bonds is 6. The van der Waals surface area contributed by atoms with Crippen molar-refractivity contribution in [3.8, 4) is 0 Å². The van der Waals surface area contributed by atoms with Crippen molar-refractivity contribution in [3.63, 3.8) is 0 Å². The van der Waals surface area contributed by atoms with Crippen molar-refractivity contribution >= 4 is 17.9 Å². The van der Waals surface area contributed by atoms with Crippen molar-refractivity contribution in [2.75, 3.05) is 0 Å². The maximum absolute atomic E-state index is 11.0. The lowest BCUT2D eigenvalue weighted by atomic mass is 10.2. The van der Waals surface area contributed by atoms with Crippen molar-refractivity contribution in [2.45, 2.75) is 32.6 Å². The Balaban J connectivity index is 3.92. The van der Waals surface area contributed by atoms with E-state index in [-0.39, 0.29) is 6.42 Å². The first-order valence-electron chi connectivity index (χ1n) is 4.66. The molecule has 0 unspecified atom stereocenters. The van der Waals surface area contributed by atoms with Crippen LogP contribution < -0.4 is 0 Å². The van der Waals surface area contributed by atoms with Crippen LogP contribution in [-0.2, 0) is 19.1 Å². The Morgan fingerprint density at radius 3 is 2.33 bits per heavy atom. The Kier molecular flexibility index (Phi) is 6.01. The van der Waals surface area contributed by atoms with Crippen LogP contribution >= 0.6 is 0 Å². The zero-order valence-electron chi connectivity index (χ0n) is 8.62. The molecule has 0 aliphatic rings. The average Bonchev–Trinajstić information content (AvgIpc) is 2.16. The molecule has 0 aromatic heterocycles. The fourth-order valence-electron chi connectivity index (χ4n) is 0.823. The van der Waals surface area contributed by atoms with Gasteiger partial charge in [-0.3, -0.25) is 4.79 Å². The van der Waals surface area contributed by atoms with Gasteiger partial charge in [-0.25, -0.2) is 9.59 Å². The summed E-state index contributed by atoms with van der Waals surface area (Å²) < 4.78 is 4.26. The van der Waals surface area contributed by atoms with Crippen LogP contribution in [-0.4, -0.2) is 23.0 Å². The molecule has 0 radical (unpaired) electrons. The van der Waals surface area contributed by atoms with E-state index < -0.39 is 23.5 Å². The molecule has 0 bridgehead atoms. The van der Waals surface area contributed by atoms with Crippen LogP contribution in [0.5, 0.6) is 0 Å². The van der Waals surface area contributed by atoms with Crippen LogP contribution in [0.25, 0.3) is 0 Å². The molecule has 0 aliphatic carbocycles. The van der Waals surface area contributed by atoms with Gasteiger partial charge in [0.25, 0.3) is 0 Å². The number of carboxylic acids is 1. The Morgan fingerprint density at radius 1 is 1.27 bits per heavy atom. The van der Waals surface area contributed by atoms with Gasteiger partial charge in [0.05, 0.1) is 0 Å². The molecule has 0 heterocycles. The van der Waals surface area contributed by atoms with Gasteiger partial charge < -0.3 is 9.84 Å². The van der Waals surface area contributed by atoms with Gasteiger partial charge in [0.15, 0.2) is 0 Å². The van der Waals surface area contributed by atoms with Gasteiger partial charge in [-0.2, -0.15) is 0 Å². The average molecular weight is 214 g/mol. The Hall–Kier alpha value is -1.65. The van der Waals surface area contributed by atoms with E-state index in [1.54, 1.807) is 0 Å². The number of aliphatic carboxylic acids is 1. The summed E-state index contributed by atoms with van der Waals surface area (Å²) in [6.07, 6.45) is 2.56. The summed E-state index contributed by atoms with van der Waals surface area (Å²) in [6.45, 7) is 4.95. The van der Waals surface area contributed by atoms with Crippen molar-refractivity contribution in [1.82, 2.24) is 0 Å². The summed E-state index contributed by atoms with van der Waals surface area (Å²) in [4.78, 5) is 32.2. The van der Waals surface area contributed by atoms with Crippen molar-refractivity contribution in [3.05, 3.63) is 12.2 Å². The summed E-state index contributed by atoms with van der Waals surface area (Å²) in [6, 6.07) is 0. The van der Waals surface area contributed by atoms with Crippen LogP contribution in [0.2, 0.25) is 0 Å².